The lowest BCUT2D eigenvalue weighted by Gasteiger charge is -2.08. The normalized spacial score (nSPS) is 11.6. The molecule has 0 unspecified atom stereocenters. The van der Waals surface area contributed by atoms with Gasteiger partial charge in [0.25, 0.3) is 0 Å². The number of Topliss-reactive ketones (excluding diaryl/α,β-unsaturated/α-hetero) is 1. The molecule has 0 heterocycles. The topological polar surface area (TPSA) is 17.1 Å². The number of thioether (sulfide) groups is 1. The number of benzene rings is 1. The molecule has 7 heteroatoms. The molecule has 0 saturated carbocycles. The van der Waals surface area contributed by atoms with Gasteiger partial charge in [0.05, 0.1) is 0 Å². The van der Waals surface area contributed by atoms with Crippen molar-refractivity contribution in [3.63, 3.8) is 0 Å². The molecule has 0 N–H and O–H groups in total. The fraction of sp³-hybridized carbons (Fsp3) is 0.300. The molecule has 1 aromatic rings. The maximum absolute atomic E-state index is 12.2. The molecule has 0 aliphatic heterocycles. The number of rotatable bonds is 4. The number of carbonyl (C=O) groups excluding carboxylic acids is 1. The molecular weight excluding hydrogens is 385 g/mol. The highest BCUT2D eigenvalue weighted by atomic mass is 79.9. The molecule has 1 rings (SSSR count). The van der Waals surface area contributed by atoms with Crippen LogP contribution < -0.4 is 0 Å². The Hall–Kier alpha value is -0.0100. The smallest absolute Gasteiger partial charge is 0.294 e. The first-order chi connectivity index (χ1) is 7.83. The number of hydrogen-bond acceptors (Lipinski definition) is 2. The molecule has 0 radical (unpaired) electrons. The molecule has 17 heavy (non-hydrogen) atoms. The fourth-order valence-electron chi connectivity index (χ4n) is 1.14. The predicted octanol–water partition coefficient (Wildman–Crippen LogP) is 5.03. The van der Waals surface area contributed by atoms with E-state index in [-0.39, 0.29) is 34.4 Å². The number of carbonyl (C=O) groups is 1. The van der Waals surface area contributed by atoms with Crippen LogP contribution in [0.15, 0.2) is 27.6 Å². The maximum atomic E-state index is 12.2. The molecule has 0 fully saturated rings. The summed E-state index contributed by atoms with van der Waals surface area (Å²) in [5.41, 5.74) is -4.07. The van der Waals surface area contributed by atoms with Gasteiger partial charge in [-0.15, -0.1) is 0 Å². The summed E-state index contributed by atoms with van der Waals surface area (Å²) in [6, 6.07) is 4.04. The molecule has 0 aromatic heterocycles. The molecule has 1 aromatic carbocycles. The van der Waals surface area contributed by atoms with E-state index in [0.717, 1.165) is 0 Å². The Kier molecular flexibility index (Phi) is 5.53. The van der Waals surface area contributed by atoms with E-state index in [1.807, 2.05) is 0 Å². The van der Waals surface area contributed by atoms with E-state index >= 15 is 0 Å². The lowest BCUT2D eigenvalue weighted by Crippen LogP contribution is -2.03. The first-order valence-electron chi connectivity index (χ1n) is 4.48. The van der Waals surface area contributed by atoms with Crippen LogP contribution in [0, 0.1) is 0 Å². The Morgan fingerprint density at radius 1 is 1.35 bits per heavy atom. The van der Waals surface area contributed by atoms with E-state index in [4.69, 9.17) is 0 Å². The average Bonchev–Trinajstić information content (AvgIpc) is 2.19. The summed E-state index contributed by atoms with van der Waals surface area (Å²) < 4.78 is 37.1. The predicted molar refractivity (Wildman–Crippen MR) is 68.8 cm³/mol. The maximum Gasteiger partial charge on any atom is 0.446 e. The van der Waals surface area contributed by atoms with Gasteiger partial charge in [-0.05, 0) is 30.0 Å². The van der Waals surface area contributed by atoms with Crippen LogP contribution in [-0.4, -0.2) is 16.6 Å². The van der Waals surface area contributed by atoms with Crippen molar-refractivity contribution in [3.8, 4) is 0 Å². The minimum atomic E-state index is -4.34. The van der Waals surface area contributed by atoms with Gasteiger partial charge in [0, 0.05) is 26.7 Å². The van der Waals surface area contributed by atoms with E-state index in [2.05, 4.69) is 31.9 Å². The number of hydrogen-bond donors (Lipinski definition) is 0. The van der Waals surface area contributed by atoms with Crippen LogP contribution in [0.25, 0.3) is 0 Å². The van der Waals surface area contributed by atoms with Crippen LogP contribution in [0.3, 0.4) is 0 Å². The minimum absolute atomic E-state index is 0.0126. The van der Waals surface area contributed by atoms with E-state index < -0.39 is 5.51 Å². The summed E-state index contributed by atoms with van der Waals surface area (Å²) in [4.78, 5) is 11.6. The molecule has 94 valence electrons. The monoisotopic (exact) mass is 390 g/mol. The van der Waals surface area contributed by atoms with Crippen molar-refractivity contribution in [2.45, 2.75) is 16.8 Å². The minimum Gasteiger partial charge on any atom is -0.294 e. The van der Waals surface area contributed by atoms with Crippen LogP contribution in [-0.2, 0) is 0 Å². The van der Waals surface area contributed by atoms with E-state index in [0.29, 0.717) is 9.80 Å². The number of ketones is 1. The number of halogens is 5. The summed E-state index contributed by atoms with van der Waals surface area (Å²) in [5, 5.41) is 0.481. The zero-order chi connectivity index (χ0) is 13.1. The van der Waals surface area contributed by atoms with Crippen molar-refractivity contribution in [3.05, 3.63) is 28.2 Å². The second-order valence-corrected chi connectivity index (χ2v) is 5.84. The van der Waals surface area contributed by atoms with Crippen molar-refractivity contribution < 1.29 is 18.0 Å². The molecule has 0 saturated heterocycles. The van der Waals surface area contributed by atoms with Gasteiger partial charge in [-0.25, -0.2) is 0 Å². The molecule has 0 bridgehead atoms. The van der Waals surface area contributed by atoms with Gasteiger partial charge in [0.15, 0.2) is 5.78 Å². The highest BCUT2D eigenvalue weighted by molar-refractivity contribution is 9.10. The van der Waals surface area contributed by atoms with Gasteiger partial charge in [-0.1, -0.05) is 31.9 Å². The second-order valence-electron chi connectivity index (χ2n) is 3.05. The molecule has 0 spiro atoms. The number of alkyl halides is 4. The molecule has 0 atom stereocenters. The van der Waals surface area contributed by atoms with Gasteiger partial charge in [0.2, 0.25) is 0 Å². The van der Waals surface area contributed by atoms with E-state index in [1.165, 1.54) is 18.2 Å². The van der Waals surface area contributed by atoms with Crippen molar-refractivity contribution in [1.82, 2.24) is 0 Å². The van der Waals surface area contributed by atoms with E-state index in [9.17, 15) is 18.0 Å². The third-order valence-corrected chi connectivity index (χ3v) is 3.60. The summed E-state index contributed by atoms with van der Waals surface area (Å²) in [5.74, 6) is -0.196. The Bertz CT molecular complexity index is 421. The van der Waals surface area contributed by atoms with Gasteiger partial charge in [0.1, 0.15) is 0 Å². The first-order valence-corrected chi connectivity index (χ1v) is 7.21. The lowest BCUT2D eigenvalue weighted by molar-refractivity contribution is -0.0328. The van der Waals surface area contributed by atoms with Crippen molar-refractivity contribution in [1.29, 1.82) is 0 Å². The van der Waals surface area contributed by atoms with Crippen LogP contribution in [0.2, 0.25) is 0 Å². The summed E-state index contributed by atoms with van der Waals surface area (Å²) in [6.07, 6.45) is 0.249. The first kappa shape index (κ1) is 15.0. The standard InChI is InChI=1S/C10H7Br2F3OS/c11-4-3-9(16)7-5-6(1-2-8(7)12)17-10(13,14)15/h1-2,5H,3-4H2. The van der Waals surface area contributed by atoms with Crippen molar-refractivity contribution >= 4 is 49.4 Å². The van der Waals surface area contributed by atoms with Crippen molar-refractivity contribution in [2.75, 3.05) is 5.33 Å². The summed E-state index contributed by atoms with van der Waals surface area (Å²) >= 11 is 6.05. The Morgan fingerprint density at radius 3 is 2.53 bits per heavy atom. The zero-order valence-electron chi connectivity index (χ0n) is 8.35. The lowest BCUT2D eigenvalue weighted by atomic mass is 10.1. The van der Waals surface area contributed by atoms with E-state index in [1.54, 1.807) is 0 Å². The van der Waals surface area contributed by atoms with Crippen LogP contribution in [0.4, 0.5) is 13.2 Å². The van der Waals surface area contributed by atoms with Crippen molar-refractivity contribution in [2.24, 2.45) is 0 Å². The van der Waals surface area contributed by atoms with Gasteiger partial charge < -0.3 is 0 Å². The Balaban J connectivity index is 2.98. The molecule has 0 aliphatic rings. The van der Waals surface area contributed by atoms with Gasteiger partial charge >= 0.3 is 5.51 Å². The Morgan fingerprint density at radius 2 is 2.00 bits per heavy atom. The summed E-state index contributed by atoms with van der Waals surface area (Å²) in [6.45, 7) is 0. The third-order valence-electron chi connectivity index (χ3n) is 1.79. The zero-order valence-corrected chi connectivity index (χ0v) is 12.3. The average molecular weight is 392 g/mol. The molecule has 1 nitrogen and oxygen atoms in total. The Labute approximate surface area is 117 Å². The molecular formula is C10H7Br2F3OS. The fourth-order valence-corrected chi connectivity index (χ4v) is 2.54. The SMILES string of the molecule is O=C(CCBr)c1cc(SC(F)(F)F)ccc1Br. The van der Waals surface area contributed by atoms with Crippen LogP contribution >= 0.6 is 43.6 Å². The highest BCUT2D eigenvalue weighted by Gasteiger charge is 2.29. The van der Waals surface area contributed by atoms with Gasteiger partial charge in [-0.3, -0.25) is 4.79 Å². The second kappa shape index (κ2) is 6.24. The van der Waals surface area contributed by atoms with Crippen LogP contribution in [0.5, 0.6) is 0 Å². The largest absolute Gasteiger partial charge is 0.446 e. The molecule has 0 aliphatic carbocycles. The quantitative estimate of drug-likeness (QED) is 0.406. The third kappa shape index (κ3) is 5.01. The summed E-state index contributed by atoms with van der Waals surface area (Å²) in [7, 11) is 0. The van der Waals surface area contributed by atoms with Gasteiger partial charge in [-0.2, -0.15) is 13.2 Å². The molecule has 0 amide bonds. The van der Waals surface area contributed by atoms with Crippen LogP contribution in [0.1, 0.15) is 16.8 Å². The highest BCUT2D eigenvalue weighted by Crippen LogP contribution is 2.38.